The summed E-state index contributed by atoms with van der Waals surface area (Å²) in [7, 11) is 1.66. The fourth-order valence-corrected chi connectivity index (χ4v) is 3.82. The standard InChI is InChI=1S/C25H24F3N5O2/c1-3-22(34)30-19-6-4-5-18(12-19)25(27,28)23-21(26)13-29-24(32-23)31-20-8-7-16-14-33(9-10-35-2)15-17(16)11-20/h3-8,11-13H,1,9-10,14-15H2,2H3,(H,30,34)(H,29,31,32). The van der Waals surface area contributed by atoms with Gasteiger partial charge in [0.15, 0.2) is 11.5 Å². The number of anilines is 3. The van der Waals surface area contributed by atoms with E-state index in [0.29, 0.717) is 18.5 Å². The summed E-state index contributed by atoms with van der Waals surface area (Å²) in [4.78, 5) is 21.4. The lowest BCUT2D eigenvalue weighted by Crippen LogP contribution is -2.21. The highest BCUT2D eigenvalue weighted by Crippen LogP contribution is 2.37. The fraction of sp³-hybridized carbons (Fsp3) is 0.240. The van der Waals surface area contributed by atoms with Crippen LogP contribution in [0.4, 0.5) is 30.5 Å². The number of ether oxygens (including phenoxy) is 1. The third kappa shape index (κ3) is 5.50. The van der Waals surface area contributed by atoms with Crippen molar-refractivity contribution in [2.75, 3.05) is 30.9 Å². The highest BCUT2D eigenvalue weighted by atomic mass is 19.3. The molecule has 3 aromatic rings. The molecule has 7 nitrogen and oxygen atoms in total. The van der Waals surface area contributed by atoms with Crippen LogP contribution in [0.1, 0.15) is 22.4 Å². The van der Waals surface area contributed by atoms with E-state index in [0.717, 1.165) is 43.4 Å². The molecule has 182 valence electrons. The minimum absolute atomic E-state index is 0.123. The van der Waals surface area contributed by atoms with E-state index < -0.39 is 28.9 Å². The Kier molecular flexibility index (Phi) is 7.13. The molecule has 0 bridgehead atoms. The summed E-state index contributed by atoms with van der Waals surface area (Å²) in [6.07, 6.45) is 1.73. The number of fused-ring (bicyclic) bond motifs is 1. The Balaban J connectivity index is 1.56. The van der Waals surface area contributed by atoms with E-state index >= 15 is 8.78 Å². The number of benzene rings is 2. The van der Waals surface area contributed by atoms with Gasteiger partial charge in [-0.2, -0.15) is 8.78 Å². The largest absolute Gasteiger partial charge is 0.383 e. The van der Waals surface area contributed by atoms with Gasteiger partial charge in [0.1, 0.15) is 0 Å². The van der Waals surface area contributed by atoms with E-state index in [1.165, 1.54) is 17.7 Å². The van der Waals surface area contributed by atoms with Crippen molar-refractivity contribution in [2.24, 2.45) is 0 Å². The maximum atomic E-state index is 15.3. The first kappa shape index (κ1) is 24.4. The lowest BCUT2D eigenvalue weighted by molar-refractivity contribution is -0.111. The van der Waals surface area contributed by atoms with Crippen LogP contribution in [0.3, 0.4) is 0 Å². The van der Waals surface area contributed by atoms with Gasteiger partial charge < -0.3 is 15.4 Å². The number of carbonyl (C=O) groups excluding carboxylic acids is 1. The van der Waals surface area contributed by atoms with E-state index in [-0.39, 0.29) is 11.6 Å². The first-order valence-corrected chi connectivity index (χ1v) is 10.8. The topological polar surface area (TPSA) is 79.4 Å². The van der Waals surface area contributed by atoms with Crippen LogP contribution in [0.2, 0.25) is 0 Å². The molecule has 1 amide bonds. The van der Waals surface area contributed by atoms with Gasteiger partial charge in [-0.25, -0.2) is 14.4 Å². The molecule has 2 aromatic carbocycles. The van der Waals surface area contributed by atoms with Crippen molar-refractivity contribution in [2.45, 2.75) is 19.0 Å². The zero-order valence-electron chi connectivity index (χ0n) is 19.0. The second kappa shape index (κ2) is 10.2. The molecule has 0 radical (unpaired) electrons. The van der Waals surface area contributed by atoms with E-state index in [1.807, 2.05) is 12.1 Å². The first-order valence-electron chi connectivity index (χ1n) is 10.8. The van der Waals surface area contributed by atoms with Gasteiger partial charge in [0.05, 0.1) is 12.8 Å². The Bertz CT molecular complexity index is 1250. The number of hydrogen-bond donors (Lipinski definition) is 2. The van der Waals surface area contributed by atoms with Crippen LogP contribution in [-0.2, 0) is 28.5 Å². The molecular weight excluding hydrogens is 459 g/mol. The van der Waals surface area contributed by atoms with Crippen molar-refractivity contribution in [3.8, 4) is 0 Å². The molecule has 2 N–H and O–H groups in total. The third-order valence-electron chi connectivity index (χ3n) is 5.58. The predicted octanol–water partition coefficient (Wildman–Crippen LogP) is 4.59. The number of methoxy groups -OCH3 is 1. The normalized spacial score (nSPS) is 13.4. The zero-order chi connectivity index (χ0) is 25.0. The van der Waals surface area contributed by atoms with Gasteiger partial charge in [-0.05, 0) is 41.5 Å². The first-order chi connectivity index (χ1) is 16.8. The van der Waals surface area contributed by atoms with Crippen molar-refractivity contribution in [3.05, 3.63) is 89.5 Å². The van der Waals surface area contributed by atoms with E-state index in [1.54, 1.807) is 13.2 Å². The van der Waals surface area contributed by atoms with Crippen LogP contribution >= 0.6 is 0 Å². The Hall–Kier alpha value is -3.76. The number of aromatic nitrogens is 2. The molecule has 35 heavy (non-hydrogen) atoms. The van der Waals surface area contributed by atoms with Crippen molar-refractivity contribution < 1.29 is 22.7 Å². The number of rotatable bonds is 9. The molecule has 0 saturated carbocycles. The van der Waals surface area contributed by atoms with Gasteiger partial charge in [0.25, 0.3) is 0 Å². The van der Waals surface area contributed by atoms with Gasteiger partial charge >= 0.3 is 5.92 Å². The maximum Gasteiger partial charge on any atom is 0.318 e. The summed E-state index contributed by atoms with van der Waals surface area (Å²) in [5, 5.41) is 5.30. The van der Waals surface area contributed by atoms with Crippen molar-refractivity contribution in [1.29, 1.82) is 0 Å². The van der Waals surface area contributed by atoms with Crippen LogP contribution in [0, 0.1) is 5.82 Å². The molecule has 10 heteroatoms. The third-order valence-corrected chi connectivity index (χ3v) is 5.58. The molecule has 1 aliphatic rings. The Morgan fingerprint density at radius 2 is 2.00 bits per heavy atom. The summed E-state index contributed by atoms with van der Waals surface area (Å²) in [6, 6.07) is 10.6. The summed E-state index contributed by atoms with van der Waals surface area (Å²) < 4.78 is 50.1. The van der Waals surface area contributed by atoms with Crippen molar-refractivity contribution in [3.63, 3.8) is 0 Å². The highest BCUT2D eigenvalue weighted by molar-refractivity contribution is 5.98. The summed E-state index contributed by atoms with van der Waals surface area (Å²) in [6.45, 7) is 6.29. The molecule has 0 atom stereocenters. The second-order valence-electron chi connectivity index (χ2n) is 8.05. The summed E-state index contributed by atoms with van der Waals surface area (Å²) >= 11 is 0. The Morgan fingerprint density at radius 3 is 2.77 bits per heavy atom. The second-order valence-corrected chi connectivity index (χ2v) is 8.05. The van der Waals surface area contributed by atoms with Gasteiger partial charge in [-0.15, -0.1) is 0 Å². The van der Waals surface area contributed by atoms with Crippen molar-refractivity contribution in [1.82, 2.24) is 14.9 Å². The number of amides is 1. The predicted molar refractivity (Wildman–Crippen MR) is 126 cm³/mol. The molecule has 1 aliphatic heterocycles. The minimum atomic E-state index is -3.78. The van der Waals surface area contributed by atoms with Crippen LogP contribution in [0.5, 0.6) is 0 Å². The molecule has 4 rings (SSSR count). The Labute approximate surface area is 200 Å². The van der Waals surface area contributed by atoms with Crippen LogP contribution in [0.25, 0.3) is 0 Å². The molecule has 0 fully saturated rings. The van der Waals surface area contributed by atoms with Gasteiger partial charge in [-0.1, -0.05) is 24.8 Å². The van der Waals surface area contributed by atoms with Crippen molar-refractivity contribution >= 4 is 23.2 Å². The number of hydrogen-bond acceptors (Lipinski definition) is 6. The summed E-state index contributed by atoms with van der Waals surface area (Å²) in [5.41, 5.74) is 1.38. The quantitative estimate of drug-likeness (QED) is 0.434. The van der Waals surface area contributed by atoms with Crippen LogP contribution in [-0.4, -0.2) is 41.0 Å². The molecule has 0 unspecified atom stereocenters. The number of carbonyl (C=O) groups is 1. The number of halogens is 3. The molecule has 0 spiro atoms. The average Bonchev–Trinajstić information content (AvgIpc) is 3.26. The Morgan fingerprint density at radius 1 is 1.20 bits per heavy atom. The SMILES string of the molecule is C=CC(=O)Nc1cccc(C(F)(F)c2nc(Nc3ccc4c(c3)CN(CCOC)C4)ncc2F)c1. The van der Waals surface area contributed by atoms with Crippen LogP contribution < -0.4 is 10.6 Å². The number of nitrogens with zero attached hydrogens (tertiary/aromatic N) is 3. The van der Waals surface area contributed by atoms with Gasteiger partial charge in [0, 0.05) is 43.7 Å². The fourth-order valence-electron chi connectivity index (χ4n) is 3.82. The monoisotopic (exact) mass is 483 g/mol. The highest BCUT2D eigenvalue weighted by Gasteiger charge is 2.39. The lowest BCUT2D eigenvalue weighted by atomic mass is 10.0. The molecule has 0 aliphatic carbocycles. The number of nitrogens with one attached hydrogen (secondary N) is 2. The van der Waals surface area contributed by atoms with E-state index in [4.69, 9.17) is 4.74 Å². The minimum Gasteiger partial charge on any atom is -0.383 e. The van der Waals surface area contributed by atoms with E-state index in [2.05, 4.69) is 32.1 Å². The summed E-state index contributed by atoms with van der Waals surface area (Å²) in [5.74, 6) is -5.74. The van der Waals surface area contributed by atoms with Crippen LogP contribution in [0.15, 0.2) is 61.3 Å². The van der Waals surface area contributed by atoms with E-state index in [9.17, 15) is 9.18 Å². The maximum absolute atomic E-state index is 15.3. The van der Waals surface area contributed by atoms with Gasteiger partial charge in [0.2, 0.25) is 11.9 Å². The van der Waals surface area contributed by atoms with Gasteiger partial charge in [-0.3, -0.25) is 9.69 Å². The average molecular weight is 483 g/mol. The molecule has 1 aromatic heterocycles. The smallest absolute Gasteiger partial charge is 0.318 e. The lowest BCUT2D eigenvalue weighted by Gasteiger charge is -2.18. The molecular formula is C25H24F3N5O2. The molecule has 2 heterocycles. The number of alkyl halides is 2. The molecule has 0 saturated heterocycles. The zero-order valence-corrected chi connectivity index (χ0v) is 19.0.